The number of anilines is 1. The van der Waals surface area contributed by atoms with E-state index in [1.807, 2.05) is 0 Å². The molecule has 0 aliphatic carbocycles. The van der Waals surface area contributed by atoms with Crippen molar-refractivity contribution in [2.75, 3.05) is 19.0 Å². The lowest BCUT2D eigenvalue weighted by Gasteiger charge is -2.16. The minimum absolute atomic E-state index is 0.209. The van der Waals surface area contributed by atoms with Gasteiger partial charge in [0.05, 0.1) is 17.8 Å². The highest BCUT2D eigenvalue weighted by atomic mass is 79.9. The molecule has 0 fully saturated rings. The molecule has 1 aromatic rings. The van der Waals surface area contributed by atoms with Crippen molar-refractivity contribution in [3.8, 4) is 5.88 Å². The van der Waals surface area contributed by atoms with E-state index in [4.69, 9.17) is 10.5 Å². The maximum absolute atomic E-state index is 5.70. The largest absolute Gasteiger partial charge is 0.480 e. The number of nitrogens with two attached hydrogens (primary N) is 1. The van der Waals surface area contributed by atoms with Crippen molar-refractivity contribution in [2.24, 2.45) is 5.73 Å². The third kappa shape index (κ3) is 4.47. The highest BCUT2D eigenvalue weighted by Gasteiger charge is 2.10. The molecular weight excluding hydrogens is 284 g/mol. The van der Waals surface area contributed by atoms with Gasteiger partial charge in [0.25, 0.3) is 0 Å². The van der Waals surface area contributed by atoms with Crippen LogP contribution in [0.1, 0.15) is 26.2 Å². The average Bonchev–Trinajstić information content (AvgIpc) is 2.36. The minimum atomic E-state index is 0.209. The monoisotopic (exact) mass is 302 g/mol. The molecule has 1 aromatic heterocycles. The number of hydrogen-bond acceptors (Lipinski definition) is 5. The summed E-state index contributed by atoms with van der Waals surface area (Å²) in [7, 11) is 1.58. The lowest BCUT2D eigenvalue weighted by atomic mass is 10.1. The number of nitrogens with zero attached hydrogens (tertiary/aromatic N) is 2. The SMILES string of the molecule is CCCCC(CN)Nc1ncc(Br)c(OC)n1. The normalized spacial score (nSPS) is 12.2. The second-order valence-electron chi connectivity index (χ2n) is 3.77. The van der Waals surface area contributed by atoms with Gasteiger partial charge in [-0.15, -0.1) is 0 Å². The fourth-order valence-corrected chi connectivity index (χ4v) is 1.80. The van der Waals surface area contributed by atoms with E-state index >= 15 is 0 Å². The van der Waals surface area contributed by atoms with Gasteiger partial charge in [-0.2, -0.15) is 4.98 Å². The lowest BCUT2D eigenvalue weighted by Crippen LogP contribution is -2.29. The Morgan fingerprint density at radius 2 is 2.35 bits per heavy atom. The first kappa shape index (κ1) is 14.2. The van der Waals surface area contributed by atoms with Crippen molar-refractivity contribution in [3.63, 3.8) is 0 Å². The highest BCUT2D eigenvalue weighted by molar-refractivity contribution is 9.10. The number of halogens is 1. The second-order valence-corrected chi connectivity index (χ2v) is 4.62. The lowest BCUT2D eigenvalue weighted by molar-refractivity contribution is 0.394. The van der Waals surface area contributed by atoms with Crippen LogP contribution in [0, 0.1) is 0 Å². The predicted molar refractivity (Wildman–Crippen MR) is 72.3 cm³/mol. The van der Waals surface area contributed by atoms with Crippen molar-refractivity contribution in [3.05, 3.63) is 10.7 Å². The molecule has 0 aliphatic heterocycles. The maximum atomic E-state index is 5.70. The molecule has 5 nitrogen and oxygen atoms in total. The molecule has 0 radical (unpaired) electrons. The van der Waals surface area contributed by atoms with Gasteiger partial charge >= 0.3 is 0 Å². The minimum Gasteiger partial charge on any atom is -0.480 e. The van der Waals surface area contributed by atoms with Gasteiger partial charge in [0.1, 0.15) is 0 Å². The molecule has 0 saturated carbocycles. The van der Waals surface area contributed by atoms with E-state index in [1.165, 1.54) is 0 Å². The molecule has 96 valence electrons. The van der Waals surface area contributed by atoms with Gasteiger partial charge in [-0.3, -0.25) is 0 Å². The van der Waals surface area contributed by atoms with Crippen LogP contribution < -0.4 is 15.8 Å². The summed E-state index contributed by atoms with van der Waals surface area (Å²) in [5, 5.41) is 3.22. The number of unbranched alkanes of at least 4 members (excludes halogenated alkanes) is 1. The standard InChI is InChI=1S/C11H19BrN4O/c1-3-4-5-8(6-13)15-11-14-7-9(12)10(16-11)17-2/h7-8H,3-6,13H2,1-2H3,(H,14,15,16). The maximum Gasteiger partial charge on any atom is 0.232 e. The van der Waals surface area contributed by atoms with Crippen LogP contribution in [0.2, 0.25) is 0 Å². The third-order valence-electron chi connectivity index (χ3n) is 2.43. The van der Waals surface area contributed by atoms with Gasteiger partial charge in [0.2, 0.25) is 11.8 Å². The summed E-state index contributed by atoms with van der Waals surface area (Å²) in [5.74, 6) is 1.07. The van der Waals surface area contributed by atoms with Crippen LogP contribution in [-0.2, 0) is 0 Å². The van der Waals surface area contributed by atoms with E-state index < -0.39 is 0 Å². The Balaban J connectivity index is 2.65. The Kier molecular flexibility index (Phi) is 6.21. The van der Waals surface area contributed by atoms with Gasteiger partial charge in [0.15, 0.2) is 0 Å². The number of nitrogens with one attached hydrogen (secondary N) is 1. The van der Waals surface area contributed by atoms with E-state index in [0.717, 1.165) is 23.7 Å². The fraction of sp³-hybridized carbons (Fsp3) is 0.636. The number of methoxy groups -OCH3 is 1. The van der Waals surface area contributed by atoms with Crippen LogP contribution in [0.3, 0.4) is 0 Å². The van der Waals surface area contributed by atoms with Crippen LogP contribution >= 0.6 is 15.9 Å². The Morgan fingerprint density at radius 1 is 1.59 bits per heavy atom. The van der Waals surface area contributed by atoms with Crippen LogP contribution in [-0.4, -0.2) is 29.7 Å². The molecule has 0 aliphatic rings. The van der Waals surface area contributed by atoms with E-state index in [0.29, 0.717) is 18.4 Å². The Labute approximate surface area is 110 Å². The van der Waals surface area contributed by atoms with Crippen molar-refractivity contribution < 1.29 is 4.74 Å². The van der Waals surface area contributed by atoms with Crippen LogP contribution in [0.5, 0.6) is 5.88 Å². The summed E-state index contributed by atoms with van der Waals surface area (Å²) in [6.45, 7) is 2.73. The fourth-order valence-electron chi connectivity index (χ4n) is 1.45. The van der Waals surface area contributed by atoms with Crippen molar-refractivity contribution in [1.29, 1.82) is 0 Å². The summed E-state index contributed by atoms with van der Waals surface area (Å²) in [6, 6.07) is 0.209. The van der Waals surface area contributed by atoms with E-state index in [2.05, 4.69) is 38.1 Å². The molecule has 1 heterocycles. The molecule has 3 N–H and O–H groups in total. The molecule has 1 unspecified atom stereocenters. The first-order chi connectivity index (χ1) is 8.21. The summed E-state index contributed by atoms with van der Waals surface area (Å²) < 4.78 is 5.85. The van der Waals surface area contributed by atoms with Crippen molar-refractivity contribution >= 4 is 21.9 Å². The second kappa shape index (κ2) is 7.45. The summed E-state index contributed by atoms with van der Waals surface area (Å²) in [5.41, 5.74) is 5.70. The van der Waals surface area contributed by atoms with Crippen LogP contribution in [0.25, 0.3) is 0 Å². The predicted octanol–water partition coefficient (Wildman–Crippen LogP) is 2.18. The summed E-state index contributed by atoms with van der Waals surface area (Å²) >= 11 is 3.31. The first-order valence-corrected chi connectivity index (χ1v) is 6.53. The zero-order valence-electron chi connectivity index (χ0n) is 10.2. The van der Waals surface area contributed by atoms with Gasteiger partial charge < -0.3 is 15.8 Å². The smallest absolute Gasteiger partial charge is 0.232 e. The number of hydrogen-bond donors (Lipinski definition) is 2. The van der Waals surface area contributed by atoms with E-state index in [-0.39, 0.29) is 6.04 Å². The summed E-state index contributed by atoms with van der Waals surface area (Å²) in [6.07, 6.45) is 4.99. The number of ether oxygens (including phenoxy) is 1. The van der Waals surface area contributed by atoms with Gasteiger partial charge in [0, 0.05) is 12.6 Å². The van der Waals surface area contributed by atoms with E-state index in [1.54, 1.807) is 13.3 Å². The van der Waals surface area contributed by atoms with Crippen LogP contribution in [0.4, 0.5) is 5.95 Å². The summed E-state index contributed by atoms with van der Waals surface area (Å²) in [4.78, 5) is 8.42. The molecule has 0 spiro atoms. The molecule has 0 bridgehead atoms. The molecule has 6 heteroatoms. The first-order valence-electron chi connectivity index (χ1n) is 5.74. The molecular formula is C11H19BrN4O. The molecule has 0 aromatic carbocycles. The number of rotatable bonds is 7. The zero-order chi connectivity index (χ0) is 12.7. The number of aromatic nitrogens is 2. The molecule has 1 rings (SSSR count). The Bertz CT molecular complexity index is 348. The zero-order valence-corrected chi connectivity index (χ0v) is 11.8. The molecule has 17 heavy (non-hydrogen) atoms. The average molecular weight is 303 g/mol. The topological polar surface area (TPSA) is 73.1 Å². The van der Waals surface area contributed by atoms with Gasteiger partial charge in [-0.25, -0.2) is 4.98 Å². The highest BCUT2D eigenvalue weighted by Crippen LogP contribution is 2.22. The van der Waals surface area contributed by atoms with E-state index in [9.17, 15) is 0 Å². The van der Waals surface area contributed by atoms with Gasteiger partial charge in [-0.05, 0) is 22.4 Å². The van der Waals surface area contributed by atoms with Crippen molar-refractivity contribution in [2.45, 2.75) is 32.2 Å². The molecule has 0 amide bonds. The molecule has 0 saturated heterocycles. The quantitative estimate of drug-likeness (QED) is 0.807. The Hall–Kier alpha value is -0.880. The third-order valence-corrected chi connectivity index (χ3v) is 2.97. The van der Waals surface area contributed by atoms with Crippen molar-refractivity contribution in [1.82, 2.24) is 9.97 Å². The molecule has 1 atom stereocenters. The van der Waals surface area contributed by atoms with Gasteiger partial charge in [-0.1, -0.05) is 19.8 Å². The Morgan fingerprint density at radius 3 is 2.94 bits per heavy atom. The van der Waals surface area contributed by atoms with Crippen LogP contribution in [0.15, 0.2) is 10.7 Å².